The maximum atomic E-state index is 13.1. The van der Waals surface area contributed by atoms with Crippen LogP contribution in [-0.4, -0.2) is 26.4 Å². The third kappa shape index (κ3) is 4.43. The fourth-order valence-electron chi connectivity index (χ4n) is 1.33. The maximum absolute atomic E-state index is 13.1. The number of rotatable bonds is 4. The molecule has 0 aliphatic heterocycles. The first kappa shape index (κ1) is 13.5. The van der Waals surface area contributed by atoms with Crippen LogP contribution in [0.4, 0.5) is 4.39 Å². The minimum Gasteiger partial charge on any atom is -0.487 e. The predicted molar refractivity (Wildman–Crippen MR) is 64.3 cm³/mol. The summed E-state index contributed by atoms with van der Waals surface area (Å²) in [5.41, 5.74) is 5.78. The van der Waals surface area contributed by atoms with Gasteiger partial charge in [-0.15, -0.1) is 0 Å². The molecule has 0 saturated heterocycles. The second-order valence-corrected chi connectivity index (χ2v) is 3.53. The standard InChI is InChI=1S/C13H16FNO2/c1-10(9-16-2)17-13-6-5-12(14)8-11(13)4-3-7-15/h5-6,8,10H,7,9,15H2,1-2H3. The lowest BCUT2D eigenvalue weighted by Gasteiger charge is -2.14. The van der Waals surface area contributed by atoms with Crippen molar-refractivity contribution in [1.82, 2.24) is 0 Å². The van der Waals surface area contributed by atoms with Gasteiger partial charge in [0.2, 0.25) is 0 Å². The van der Waals surface area contributed by atoms with E-state index in [1.807, 2.05) is 6.92 Å². The molecule has 0 saturated carbocycles. The molecule has 0 fully saturated rings. The van der Waals surface area contributed by atoms with Crippen molar-refractivity contribution in [2.75, 3.05) is 20.3 Å². The number of methoxy groups -OCH3 is 1. The molecule has 1 unspecified atom stereocenters. The molecule has 17 heavy (non-hydrogen) atoms. The Morgan fingerprint density at radius 1 is 1.47 bits per heavy atom. The van der Waals surface area contributed by atoms with Gasteiger partial charge in [0.05, 0.1) is 18.7 Å². The topological polar surface area (TPSA) is 44.5 Å². The third-order valence-electron chi connectivity index (χ3n) is 2.00. The molecule has 0 radical (unpaired) electrons. The predicted octanol–water partition coefficient (Wildman–Crippen LogP) is 1.55. The number of ether oxygens (including phenoxy) is 2. The Morgan fingerprint density at radius 3 is 2.88 bits per heavy atom. The van der Waals surface area contributed by atoms with E-state index in [2.05, 4.69) is 11.8 Å². The van der Waals surface area contributed by atoms with Gasteiger partial charge in [-0.1, -0.05) is 11.8 Å². The molecule has 0 spiro atoms. The van der Waals surface area contributed by atoms with Crippen LogP contribution in [0.1, 0.15) is 12.5 Å². The van der Waals surface area contributed by atoms with E-state index >= 15 is 0 Å². The lowest BCUT2D eigenvalue weighted by Crippen LogP contribution is -2.18. The smallest absolute Gasteiger partial charge is 0.135 e. The van der Waals surface area contributed by atoms with Crippen molar-refractivity contribution in [3.05, 3.63) is 29.6 Å². The molecule has 92 valence electrons. The second kappa shape index (κ2) is 6.89. The monoisotopic (exact) mass is 237 g/mol. The van der Waals surface area contributed by atoms with E-state index in [0.717, 1.165) is 0 Å². The lowest BCUT2D eigenvalue weighted by atomic mass is 10.2. The second-order valence-electron chi connectivity index (χ2n) is 3.53. The fraction of sp³-hybridized carbons (Fsp3) is 0.385. The molecule has 2 N–H and O–H groups in total. The Labute approximate surface area is 101 Å². The van der Waals surface area contributed by atoms with E-state index in [-0.39, 0.29) is 18.5 Å². The van der Waals surface area contributed by atoms with Gasteiger partial charge in [0, 0.05) is 7.11 Å². The summed E-state index contributed by atoms with van der Waals surface area (Å²) in [7, 11) is 1.60. The molecule has 0 aliphatic rings. The molecule has 0 aliphatic carbocycles. The largest absolute Gasteiger partial charge is 0.487 e. The minimum atomic E-state index is -0.349. The summed E-state index contributed by atoms with van der Waals surface area (Å²) in [6.45, 7) is 2.55. The number of hydrogen-bond acceptors (Lipinski definition) is 3. The van der Waals surface area contributed by atoms with Crippen LogP contribution in [0.15, 0.2) is 18.2 Å². The third-order valence-corrected chi connectivity index (χ3v) is 2.00. The van der Waals surface area contributed by atoms with Crippen molar-refractivity contribution in [1.29, 1.82) is 0 Å². The summed E-state index contributed by atoms with van der Waals surface area (Å²) in [4.78, 5) is 0. The average Bonchev–Trinajstić information content (AvgIpc) is 2.30. The van der Waals surface area contributed by atoms with Crippen LogP contribution in [0.5, 0.6) is 5.75 Å². The van der Waals surface area contributed by atoms with Gasteiger partial charge in [-0.2, -0.15) is 0 Å². The first-order valence-corrected chi connectivity index (χ1v) is 5.31. The van der Waals surface area contributed by atoms with Crippen molar-refractivity contribution in [3.8, 4) is 17.6 Å². The van der Waals surface area contributed by atoms with Gasteiger partial charge < -0.3 is 15.2 Å². The highest BCUT2D eigenvalue weighted by Crippen LogP contribution is 2.20. The molecule has 1 atom stereocenters. The number of nitrogens with two attached hydrogens (primary N) is 1. The Hall–Kier alpha value is -1.57. The SMILES string of the molecule is COCC(C)Oc1ccc(F)cc1C#CCN. The van der Waals surface area contributed by atoms with Crippen LogP contribution in [0.25, 0.3) is 0 Å². The number of benzene rings is 1. The highest BCUT2D eigenvalue weighted by Gasteiger charge is 2.08. The highest BCUT2D eigenvalue weighted by molar-refractivity contribution is 5.46. The van der Waals surface area contributed by atoms with Crippen molar-refractivity contribution in [2.24, 2.45) is 5.73 Å². The first-order valence-electron chi connectivity index (χ1n) is 5.31. The lowest BCUT2D eigenvalue weighted by molar-refractivity contribution is 0.0918. The summed E-state index contributed by atoms with van der Waals surface area (Å²) in [6.07, 6.45) is -0.121. The van der Waals surface area contributed by atoms with Gasteiger partial charge in [-0.25, -0.2) is 4.39 Å². The van der Waals surface area contributed by atoms with E-state index in [4.69, 9.17) is 15.2 Å². The average molecular weight is 237 g/mol. The quantitative estimate of drug-likeness (QED) is 0.808. The van der Waals surface area contributed by atoms with Gasteiger partial charge in [-0.3, -0.25) is 0 Å². The van der Waals surface area contributed by atoms with Gasteiger partial charge in [0.15, 0.2) is 0 Å². The van der Waals surface area contributed by atoms with Crippen LogP contribution in [0, 0.1) is 17.7 Å². The Kier molecular flexibility index (Phi) is 5.47. The first-order chi connectivity index (χ1) is 8.17. The summed E-state index contributed by atoms with van der Waals surface area (Å²) in [5.74, 6) is 5.65. The molecule has 0 amide bonds. The number of halogens is 1. The Morgan fingerprint density at radius 2 is 2.24 bits per heavy atom. The zero-order valence-corrected chi connectivity index (χ0v) is 10.00. The molecule has 1 aromatic carbocycles. The fourth-order valence-corrected chi connectivity index (χ4v) is 1.33. The van der Waals surface area contributed by atoms with Gasteiger partial charge in [0.25, 0.3) is 0 Å². The van der Waals surface area contributed by atoms with Crippen LogP contribution >= 0.6 is 0 Å². The van der Waals surface area contributed by atoms with Crippen LogP contribution in [0.3, 0.4) is 0 Å². The summed E-state index contributed by atoms with van der Waals surface area (Å²) in [5, 5.41) is 0. The normalized spacial score (nSPS) is 11.5. The van der Waals surface area contributed by atoms with Crippen molar-refractivity contribution >= 4 is 0 Å². The molecule has 4 heteroatoms. The van der Waals surface area contributed by atoms with E-state index < -0.39 is 0 Å². The molecule has 1 rings (SSSR count). The van der Waals surface area contributed by atoms with Crippen LogP contribution in [0.2, 0.25) is 0 Å². The van der Waals surface area contributed by atoms with Crippen molar-refractivity contribution < 1.29 is 13.9 Å². The molecular weight excluding hydrogens is 221 g/mol. The highest BCUT2D eigenvalue weighted by atomic mass is 19.1. The zero-order chi connectivity index (χ0) is 12.7. The van der Waals surface area contributed by atoms with Crippen LogP contribution in [-0.2, 0) is 4.74 Å². The molecule has 1 aromatic rings. The Balaban J connectivity index is 2.89. The van der Waals surface area contributed by atoms with Gasteiger partial charge >= 0.3 is 0 Å². The number of hydrogen-bond donors (Lipinski definition) is 1. The van der Waals surface area contributed by atoms with Crippen molar-refractivity contribution in [3.63, 3.8) is 0 Å². The molecule has 3 nitrogen and oxygen atoms in total. The minimum absolute atomic E-state index is 0.121. The summed E-state index contributed by atoms with van der Waals surface area (Å²) < 4.78 is 23.6. The maximum Gasteiger partial charge on any atom is 0.135 e. The van der Waals surface area contributed by atoms with Crippen LogP contribution < -0.4 is 10.5 Å². The molecule has 0 heterocycles. The van der Waals surface area contributed by atoms with E-state index in [9.17, 15) is 4.39 Å². The van der Waals surface area contributed by atoms with E-state index in [1.54, 1.807) is 13.2 Å². The molecular formula is C13H16FNO2. The van der Waals surface area contributed by atoms with Gasteiger partial charge in [-0.05, 0) is 25.1 Å². The Bertz CT molecular complexity index is 423. The van der Waals surface area contributed by atoms with E-state index in [1.165, 1.54) is 12.1 Å². The molecule has 0 aromatic heterocycles. The van der Waals surface area contributed by atoms with Gasteiger partial charge in [0.1, 0.15) is 17.7 Å². The van der Waals surface area contributed by atoms with Crippen molar-refractivity contribution in [2.45, 2.75) is 13.0 Å². The summed E-state index contributed by atoms with van der Waals surface area (Å²) >= 11 is 0. The van der Waals surface area contributed by atoms with E-state index in [0.29, 0.717) is 17.9 Å². The summed E-state index contributed by atoms with van der Waals surface area (Å²) in [6, 6.07) is 4.22. The zero-order valence-electron chi connectivity index (χ0n) is 10.00. The molecule has 0 bridgehead atoms.